The van der Waals surface area contributed by atoms with Crippen LogP contribution < -0.4 is 0 Å². The number of pyridine rings is 1. The fourth-order valence-corrected chi connectivity index (χ4v) is 3.47. The molecule has 1 atom stereocenters. The van der Waals surface area contributed by atoms with Crippen molar-refractivity contribution < 1.29 is 13.7 Å². The summed E-state index contributed by atoms with van der Waals surface area (Å²) in [7, 11) is 0. The molecule has 0 N–H and O–H groups in total. The number of rotatable bonds is 3. The number of hydrogen-bond donors (Lipinski definition) is 0. The second-order valence-corrected chi connectivity index (χ2v) is 6.63. The Morgan fingerprint density at radius 1 is 1.36 bits per heavy atom. The summed E-state index contributed by atoms with van der Waals surface area (Å²) in [6.07, 6.45) is 9.58. The van der Waals surface area contributed by atoms with E-state index in [1.165, 1.54) is 0 Å². The van der Waals surface area contributed by atoms with E-state index in [9.17, 15) is 4.79 Å². The van der Waals surface area contributed by atoms with E-state index in [-0.39, 0.29) is 30.7 Å². The molecule has 4 rings (SSSR count). The third kappa shape index (κ3) is 3.06. The van der Waals surface area contributed by atoms with Crippen LogP contribution in [0.3, 0.4) is 0 Å². The fourth-order valence-electron chi connectivity index (χ4n) is 3.47. The highest BCUT2D eigenvalue weighted by molar-refractivity contribution is 5.80. The average Bonchev–Trinajstić information content (AvgIpc) is 3.34. The van der Waals surface area contributed by atoms with E-state index in [4.69, 9.17) is 4.52 Å². The zero-order valence-corrected chi connectivity index (χ0v) is 13.8. The van der Waals surface area contributed by atoms with E-state index in [0.29, 0.717) is 24.4 Å². The molecule has 1 fully saturated rings. The number of carbonyl (C=O) groups excluding carboxylic acids is 1. The summed E-state index contributed by atoms with van der Waals surface area (Å²) in [4.78, 5) is 22.4. The first-order chi connectivity index (χ1) is 12.2. The van der Waals surface area contributed by atoms with E-state index in [0.717, 1.165) is 12.8 Å². The Morgan fingerprint density at radius 2 is 2.20 bits per heavy atom. The van der Waals surface area contributed by atoms with Gasteiger partial charge in [0.25, 0.3) is 5.89 Å². The van der Waals surface area contributed by atoms with Crippen LogP contribution in [-0.2, 0) is 10.5 Å². The smallest absolute Gasteiger partial charge is 0.266 e. The summed E-state index contributed by atoms with van der Waals surface area (Å²) in [5.74, 6) is 0.201. The molecule has 1 aliphatic carbocycles. The molecular formula is C18H19FN4O2. The Kier molecular flexibility index (Phi) is 4.07. The Morgan fingerprint density at radius 3 is 2.96 bits per heavy atom. The summed E-state index contributed by atoms with van der Waals surface area (Å²) < 4.78 is 20.7. The van der Waals surface area contributed by atoms with Crippen molar-refractivity contribution in [1.29, 1.82) is 0 Å². The lowest BCUT2D eigenvalue weighted by Crippen LogP contribution is -2.48. The minimum absolute atomic E-state index is 0.0127. The predicted molar refractivity (Wildman–Crippen MR) is 88.0 cm³/mol. The maximum absolute atomic E-state index is 15.5. The first kappa shape index (κ1) is 15.9. The molecule has 1 saturated heterocycles. The number of nitrogens with zero attached hydrogens (tertiary/aromatic N) is 4. The Labute approximate surface area is 144 Å². The van der Waals surface area contributed by atoms with Gasteiger partial charge in [0.1, 0.15) is 0 Å². The third-order valence-electron chi connectivity index (χ3n) is 4.84. The number of alkyl halides is 1. The molecule has 2 aliphatic rings. The molecule has 0 spiro atoms. The highest BCUT2D eigenvalue weighted by Gasteiger charge is 2.44. The summed E-state index contributed by atoms with van der Waals surface area (Å²) >= 11 is 0. The monoisotopic (exact) mass is 342 g/mol. The third-order valence-corrected chi connectivity index (χ3v) is 4.84. The van der Waals surface area contributed by atoms with Gasteiger partial charge in [0.2, 0.25) is 17.4 Å². The molecule has 1 aliphatic heterocycles. The van der Waals surface area contributed by atoms with Gasteiger partial charge >= 0.3 is 0 Å². The Balaban J connectivity index is 1.53. The van der Waals surface area contributed by atoms with E-state index in [1.54, 1.807) is 29.4 Å². The molecular weight excluding hydrogens is 323 g/mol. The number of allylic oxidation sites excluding steroid dienone is 2. The first-order valence-electron chi connectivity index (χ1n) is 8.53. The number of hydrogen-bond acceptors (Lipinski definition) is 5. The fraction of sp³-hybridized carbons (Fsp3) is 0.444. The van der Waals surface area contributed by atoms with E-state index < -0.39 is 5.67 Å². The minimum Gasteiger partial charge on any atom is -0.339 e. The summed E-state index contributed by atoms with van der Waals surface area (Å²) in [5.41, 5.74) is -1.13. The molecule has 2 aromatic rings. The molecule has 0 aromatic carbocycles. The quantitative estimate of drug-likeness (QED) is 0.802. The van der Waals surface area contributed by atoms with Gasteiger partial charge in [-0.2, -0.15) is 4.98 Å². The van der Waals surface area contributed by atoms with Crippen molar-refractivity contribution in [1.82, 2.24) is 20.0 Å². The molecule has 2 aromatic heterocycles. The zero-order chi connectivity index (χ0) is 17.3. The lowest BCUT2D eigenvalue weighted by molar-refractivity contribution is -0.140. The van der Waals surface area contributed by atoms with Gasteiger partial charge in [-0.15, -0.1) is 0 Å². The molecule has 130 valence electrons. The summed E-state index contributed by atoms with van der Waals surface area (Å²) in [6.45, 7) is 0.543. The van der Waals surface area contributed by atoms with Crippen molar-refractivity contribution in [2.45, 2.75) is 31.4 Å². The SMILES string of the molecule is O=C(C1CC=CC1)N1CCCC(F)(c2nc(-c3cccnc3)no2)C1. The molecule has 0 radical (unpaired) electrons. The van der Waals surface area contributed by atoms with Crippen molar-refractivity contribution in [3.05, 3.63) is 42.6 Å². The zero-order valence-electron chi connectivity index (χ0n) is 13.8. The molecule has 0 bridgehead atoms. The Hall–Kier alpha value is -2.57. The topological polar surface area (TPSA) is 72.1 Å². The normalized spacial score (nSPS) is 24.0. The highest BCUT2D eigenvalue weighted by Crippen LogP contribution is 2.36. The van der Waals surface area contributed by atoms with Crippen molar-refractivity contribution in [2.24, 2.45) is 5.92 Å². The van der Waals surface area contributed by atoms with Crippen LogP contribution in [0.5, 0.6) is 0 Å². The number of likely N-dealkylation sites (tertiary alicyclic amines) is 1. The lowest BCUT2D eigenvalue weighted by atomic mass is 9.93. The van der Waals surface area contributed by atoms with Crippen LogP contribution in [0.15, 0.2) is 41.2 Å². The Bertz CT molecular complexity index is 783. The van der Waals surface area contributed by atoms with Gasteiger partial charge in [-0.3, -0.25) is 9.78 Å². The molecule has 1 amide bonds. The summed E-state index contributed by atoms with van der Waals surface area (Å²) in [5, 5.41) is 3.87. The molecule has 6 nitrogen and oxygen atoms in total. The number of piperidine rings is 1. The van der Waals surface area contributed by atoms with Gasteiger partial charge in [0.15, 0.2) is 0 Å². The van der Waals surface area contributed by atoms with Gasteiger partial charge in [0, 0.05) is 30.4 Å². The maximum Gasteiger partial charge on any atom is 0.266 e. The molecule has 3 heterocycles. The molecule has 7 heteroatoms. The van der Waals surface area contributed by atoms with Crippen molar-refractivity contribution in [3.63, 3.8) is 0 Å². The largest absolute Gasteiger partial charge is 0.339 e. The van der Waals surface area contributed by atoms with E-state index in [2.05, 4.69) is 15.1 Å². The molecule has 1 unspecified atom stereocenters. The van der Waals surface area contributed by atoms with Gasteiger partial charge in [-0.1, -0.05) is 17.3 Å². The van der Waals surface area contributed by atoms with Crippen LogP contribution in [0.25, 0.3) is 11.4 Å². The maximum atomic E-state index is 15.5. The van der Waals surface area contributed by atoms with Crippen molar-refractivity contribution in [2.75, 3.05) is 13.1 Å². The van der Waals surface area contributed by atoms with Crippen LogP contribution in [0, 0.1) is 5.92 Å². The molecule has 25 heavy (non-hydrogen) atoms. The van der Waals surface area contributed by atoms with Crippen LogP contribution >= 0.6 is 0 Å². The van der Waals surface area contributed by atoms with Crippen LogP contribution in [0.2, 0.25) is 0 Å². The van der Waals surface area contributed by atoms with Crippen molar-refractivity contribution in [3.8, 4) is 11.4 Å². The second-order valence-electron chi connectivity index (χ2n) is 6.63. The van der Waals surface area contributed by atoms with Crippen LogP contribution in [0.4, 0.5) is 4.39 Å². The van der Waals surface area contributed by atoms with Gasteiger partial charge in [-0.05, 0) is 37.8 Å². The predicted octanol–water partition coefficient (Wildman–Crippen LogP) is 2.89. The van der Waals surface area contributed by atoms with Gasteiger partial charge in [-0.25, -0.2) is 4.39 Å². The van der Waals surface area contributed by atoms with E-state index in [1.807, 2.05) is 12.2 Å². The molecule has 0 saturated carbocycles. The lowest BCUT2D eigenvalue weighted by Gasteiger charge is -2.36. The number of halogens is 1. The number of carbonyl (C=O) groups is 1. The van der Waals surface area contributed by atoms with E-state index >= 15 is 4.39 Å². The number of amides is 1. The average molecular weight is 342 g/mol. The number of aromatic nitrogens is 3. The summed E-state index contributed by atoms with van der Waals surface area (Å²) in [6, 6.07) is 3.55. The second kappa shape index (κ2) is 6.38. The highest BCUT2D eigenvalue weighted by atomic mass is 19.1. The van der Waals surface area contributed by atoms with Crippen LogP contribution in [-0.4, -0.2) is 39.0 Å². The van der Waals surface area contributed by atoms with Crippen molar-refractivity contribution >= 4 is 5.91 Å². The standard InChI is InChI=1S/C18H19FN4O2/c19-18(17-21-15(22-25-17)14-7-3-9-20-11-14)8-4-10-23(12-18)16(24)13-5-1-2-6-13/h1-3,7,9,11,13H,4-6,8,10,12H2. The van der Waals surface area contributed by atoms with Gasteiger partial charge < -0.3 is 9.42 Å². The first-order valence-corrected chi connectivity index (χ1v) is 8.53. The minimum atomic E-state index is -1.80. The van der Waals surface area contributed by atoms with Gasteiger partial charge in [0.05, 0.1) is 6.54 Å². The van der Waals surface area contributed by atoms with Crippen LogP contribution in [0.1, 0.15) is 31.6 Å².